The first kappa shape index (κ1) is 11.4. The van der Waals surface area contributed by atoms with E-state index in [0.29, 0.717) is 5.82 Å². The Morgan fingerprint density at radius 1 is 1.41 bits per heavy atom. The number of aromatic nitrogens is 3. The highest BCUT2D eigenvalue weighted by Gasteiger charge is 2.08. The van der Waals surface area contributed by atoms with Gasteiger partial charge in [0.2, 0.25) is 0 Å². The Balaban J connectivity index is 2.12. The third-order valence-electron chi connectivity index (χ3n) is 2.91. The van der Waals surface area contributed by atoms with Gasteiger partial charge in [-0.1, -0.05) is 0 Å². The van der Waals surface area contributed by atoms with Gasteiger partial charge in [0.25, 0.3) is 0 Å². The van der Waals surface area contributed by atoms with Gasteiger partial charge in [0.15, 0.2) is 0 Å². The molecule has 0 aliphatic carbocycles. The molecule has 0 bridgehead atoms. The van der Waals surface area contributed by atoms with Crippen LogP contribution in [0.5, 0.6) is 0 Å². The highest BCUT2D eigenvalue weighted by Crippen LogP contribution is 2.15. The van der Waals surface area contributed by atoms with Gasteiger partial charge in [-0.25, -0.2) is 4.98 Å². The molecule has 2 aromatic heterocycles. The summed E-state index contributed by atoms with van der Waals surface area (Å²) in [6.07, 6.45) is 1.70. The molecule has 0 atom stereocenters. The second-order valence-electron chi connectivity index (χ2n) is 4.10. The van der Waals surface area contributed by atoms with Gasteiger partial charge in [0, 0.05) is 42.8 Å². The van der Waals surface area contributed by atoms with Gasteiger partial charge in [-0.2, -0.15) is 5.10 Å². The number of nitrogens with two attached hydrogens (primary N) is 1. The zero-order valence-corrected chi connectivity index (χ0v) is 10.4. The van der Waals surface area contributed by atoms with E-state index in [1.54, 1.807) is 6.20 Å². The zero-order chi connectivity index (χ0) is 12.4. The van der Waals surface area contributed by atoms with Crippen molar-refractivity contribution in [1.29, 1.82) is 0 Å². The van der Waals surface area contributed by atoms with Crippen molar-refractivity contribution in [3.05, 3.63) is 35.3 Å². The highest BCUT2D eigenvalue weighted by atomic mass is 15.3. The molecule has 0 spiro atoms. The molecule has 90 valence electrons. The Morgan fingerprint density at radius 3 is 2.76 bits per heavy atom. The van der Waals surface area contributed by atoms with E-state index in [0.717, 1.165) is 17.9 Å². The summed E-state index contributed by atoms with van der Waals surface area (Å²) >= 11 is 0. The van der Waals surface area contributed by atoms with Crippen LogP contribution >= 0.6 is 0 Å². The molecule has 0 unspecified atom stereocenters. The molecule has 0 amide bonds. The number of nitrogen functional groups attached to an aromatic ring is 1. The van der Waals surface area contributed by atoms with E-state index in [1.165, 1.54) is 11.3 Å². The maximum atomic E-state index is 5.62. The average molecular weight is 231 g/mol. The summed E-state index contributed by atoms with van der Waals surface area (Å²) in [4.78, 5) is 3.96. The number of hydrogen-bond acceptors (Lipinski definition) is 4. The van der Waals surface area contributed by atoms with Crippen LogP contribution < -0.4 is 11.1 Å². The van der Waals surface area contributed by atoms with Crippen LogP contribution in [0.4, 0.5) is 11.5 Å². The molecule has 0 saturated carbocycles. The topological polar surface area (TPSA) is 68.8 Å². The quantitative estimate of drug-likeness (QED) is 0.842. The molecule has 2 heterocycles. The smallest absolute Gasteiger partial charge is 0.125 e. The number of hydrogen-bond donors (Lipinski definition) is 2. The van der Waals surface area contributed by atoms with Gasteiger partial charge < -0.3 is 11.1 Å². The molecule has 0 saturated heterocycles. The molecule has 0 radical (unpaired) electrons. The van der Waals surface area contributed by atoms with Crippen molar-refractivity contribution in [2.45, 2.75) is 20.4 Å². The first-order valence-electron chi connectivity index (χ1n) is 5.52. The van der Waals surface area contributed by atoms with Gasteiger partial charge in [-0.05, 0) is 19.9 Å². The fourth-order valence-electron chi connectivity index (χ4n) is 1.82. The van der Waals surface area contributed by atoms with Crippen LogP contribution in [0.3, 0.4) is 0 Å². The van der Waals surface area contributed by atoms with Gasteiger partial charge in [0.05, 0.1) is 5.69 Å². The first-order chi connectivity index (χ1) is 8.08. The molecule has 0 aliphatic heterocycles. The Labute approximate surface area is 101 Å². The van der Waals surface area contributed by atoms with Crippen molar-refractivity contribution in [3.63, 3.8) is 0 Å². The highest BCUT2D eigenvalue weighted by molar-refractivity contribution is 5.50. The second-order valence-corrected chi connectivity index (χ2v) is 4.10. The lowest BCUT2D eigenvalue weighted by Crippen LogP contribution is -2.03. The normalized spacial score (nSPS) is 10.5. The molecule has 2 aromatic rings. The molecular formula is C12H17N5. The summed E-state index contributed by atoms with van der Waals surface area (Å²) in [5.41, 5.74) is 10.1. The summed E-state index contributed by atoms with van der Waals surface area (Å²) in [5.74, 6) is 0.523. The van der Waals surface area contributed by atoms with E-state index < -0.39 is 0 Å². The fraction of sp³-hybridized carbons (Fsp3) is 0.333. The van der Waals surface area contributed by atoms with E-state index >= 15 is 0 Å². The minimum atomic E-state index is 0.523. The number of pyridine rings is 1. The summed E-state index contributed by atoms with van der Waals surface area (Å²) in [6.45, 7) is 4.83. The van der Waals surface area contributed by atoms with Crippen LogP contribution in [-0.2, 0) is 13.6 Å². The third-order valence-corrected chi connectivity index (χ3v) is 2.91. The number of nitrogens with zero attached hydrogens (tertiary/aromatic N) is 3. The maximum absolute atomic E-state index is 5.62. The molecule has 17 heavy (non-hydrogen) atoms. The first-order valence-corrected chi connectivity index (χ1v) is 5.52. The van der Waals surface area contributed by atoms with E-state index in [9.17, 15) is 0 Å². The number of aryl methyl sites for hydroxylation is 2. The van der Waals surface area contributed by atoms with Crippen molar-refractivity contribution in [2.75, 3.05) is 11.1 Å². The van der Waals surface area contributed by atoms with Gasteiger partial charge in [-0.15, -0.1) is 0 Å². The SMILES string of the molecule is Cc1nn(C)c(C)c1CNc1ccnc(N)c1. The standard InChI is InChI=1S/C12H17N5/c1-8-11(9(2)17(3)16-8)7-15-10-4-5-14-12(13)6-10/h4-6H,7H2,1-3H3,(H3,13,14,15). The largest absolute Gasteiger partial charge is 0.384 e. The Bertz CT molecular complexity index is 530. The summed E-state index contributed by atoms with van der Waals surface area (Å²) in [5, 5.41) is 7.70. The predicted octanol–water partition coefficient (Wildman–Crippen LogP) is 1.63. The molecule has 0 aliphatic rings. The van der Waals surface area contributed by atoms with Crippen molar-refractivity contribution in [3.8, 4) is 0 Å². The van der Waals surface area contributed by atoms with E-state index in [4.69, 9.17) is 5.73 Å². The van der Waals surface area contributed by atoms with E-state index in [-0.39, 0.29) is 0 Å². The van der Waals surface area contributed by atoms with Crippen molar-refractivity contribution >= 4 is 11.5 Å². The Hall–Kier alpha value is -2.04. The molecule has 5 nitrogen and oxygen atoms in total. The summed E-state index contributed by atoms with van der Waals surface area (Å²) in [7, 11) is 1.95. The minimum absolute atomic E-state index is 0.523. The monoisotopic (exact) mass is 231 g/mol. The van der Waals surface area contributed by atoms with Crippen LogP contribution in [0.2, 0.25) is 0 Å². The Morgan fingerprint density at radius 2 is 2.18 bits per heavy atom. The molecule has 0 aromatic carbocycles. The van der Waals surface area contributed by atoms with Crippen LogP contribution in [-0.4, -0.2) is 14.8 Å². The zero-order valence-electron chi connectivity index (χ0n) is 10.4. The predicted molar refractivity (Wildman–Crippen MR) is 68.7 cm³/mol. The van der Waals surface area contributed by atoms with E-state index in [2.05, 4.69) is 22.3 Å². The fourth-order valence-corrected chi connectivity index (χ4v) is 1.82. The van der Waals surface area contributed by atoms with Gasteiger partial charge >= 0.3 is 0 Å². The van der Waals surface area contributed by atoms with Crippen molar-refractivity contribution in [2.24, 2.45) is 7.05 Å². The lowest BCUT2D eigenvalue weighted by atomic mass is 10.2. The van der Waals surface area contributed by atoms with Crippen LogP contribution in [0.1, 0.15) is 17.0 Å². The lowest BCUT2D eigenvalue weighted by Gasteiger charge is -2.07. The number of rotatable bonds is 3. The molecular weight excluding hydrogens is 214 g/mol. The molecule has 0 fully saturated rings. The minimum Gasteiger partial charge on any atom is -0.384 e. The average Bonchev–Trinajstić information content (AvgIpc) is 2.51. The van der Waals surface area contributed by atoms with Crippen LogP contribution in [0.15, 0.2) is 18.3 Å². The number of nitrogens with one attached hydrogen (secondary N) is 1. The summed E-state index contributed by atoms with van der Waals surface area (Å²) in [6, 6.07) is 3.72. The van der Waals surface area contributed by atoms with Gasteiger partial charge in [-0.3, -0.25) is 4.68 Å². The molecule has 3 N–H and O–H groups in total. The third kappa shape index (κ3) is 2.38. The van der Waals surface area contributed by atoms with Crippen LogP contribution in [0, 0.1) is 13.8 Å². The second kappa shape index (κ2) is 4.45. The maximum Gasteiger partial charge on any atom is 0.125 e. The molecule has 2 rings (SSSR count). The van der Waals surface area contributed by atoms with Gasteiger partial charge in [0.1, 0.15) is 5.82 Å². The Kier molecular flexibility index (Phi) is 2.99. The number of anilines is 2. The van der Waals surface area contributed by atoms with Crippen LogP contribution in [0.25, 0.3) is 0 Å². The van der Waals surface area contributed by atoms with Crippen molar-refractivity contribution in [1.82, 2.24) is 14.8 Å². The van der Waals surface area contributed by atoms with Crippen molar-refractivity contribution < 1.29 is 0 Å². The molecule has 5 heteroatoms. The summed E-state index contributed by atoms with van der Waals surface area (Å²) < 4.78 is 1.90. The van der Waals surface area contributed by atoms with E-state index in [1.807, 2.05) is 30.8 Å². The lowest BCUT2D eigenvalue weighted by molar-refractivity contribution is 0.730.